The molecule has 0 aliphatic heterocycles. The Hall–Kier alpha value is -1.88. The molecule has 0 aliphatic carbocycles. The summed E-state index contributed by atoms with van der Waals surface area (Å²) >= 11 is 5.61. The van der Waals surface area contributed by atoms with Crippen molar-refractivity contribution in [3.63, 3.8) is 0 Å². The molecule has 0 bridgehead atoms. The van der Waals surface area contributed by atoms with Gasteiger partial charge in [-0.25, -0.2) is 4.39 Å². The highest BCUT2D eigenvalue weighted by atomic mass is 35.5. The number of methoxy groups -OCH3 is 1. The number of nitrogens with zero attached hydrogens (tertiary/aromatic N) is 1. The lowest BCUT2D eigenvalue weighted by atomic mass is 10.2. The number of halogens is 2. The third kappa shape index (κ3) is 4.71. The molecular weight excluding hydrogens is 273 g/mol. The van der Waals surface area contributed by atoms with Crippen LogP contribution >= 0.6 is 11.6 Å². The topological polar surface area (TPSA) is 46.6 Å². The van der Waals surface area contributed by atoms with Gasteiger partial charge in [-0.3, -0.25) is 9.59 Å². The number of esters is 1. The second-order valence-electron chi connectivity index (χ2n) is 3.78. The minimum absolute atomic E-state index is 0.0162. The highest BCUT2D eigenvalue weighted by molar-refractivity contribution is 6.30. The van der Waals surface area contributed by atoms with E-state index in [1.807, 2.05) is 0 Å². The number of hydrogen-bond acceptors (Lipinski definition) is 3. The molecule has 0 heterocycles. The first-order chi connectivity index (χ1) is 8.93. The smallest absolute Gasteiger partial charge is 0.325 e. The summed E-state index contributed by atoms with van der Waals surface area (Å²) in [5.74, 6) is -1.40. The first-order valence-electron chi connectivity index (χ1n) is 5.39. The lowest BCUT2D eigenvalue weighted by molar-refractivity contribution is -0.144. The summed E-state index contributed by atoms with van der Waals surface area (Å²) in [5, 5.41) is -0.0162. The summed E-state index contributed by atoms with van der Waals surface area (Å²) < 4.78 is 17.4. The highest BCUT2D eigenvalue weighted by Gasteiger charge is 2.10. The van der Waals surface area contributed by atoms with Gasteiger partial charge in [0.25, 0.3) is 0 Å². The Morgan fingerprint density at radius 2 is 2.16 bits per heavy atom. The predicted octanol–water partition coefficient (Wildman–Crippen LogP) is 2.12. The zero-order valence-corrected chi connectivity index (χ0v) is 11.3. The average Bonchev–Trinajstić information content (AvgIpc) is 2.39. The SMILES string of the molecule is COC(=O)CN(C)C(=O)C=Cc1ccc(F)c(Cl)c1. The molecule has 0 N–H and O–H groups in total. The number of rotatable bonds is 4. The molecule has 6 heteroatoms. The van der Waals surface area contributed by atoms with Crippen LogP contribution in [0.15, 0.2) is 24.3 Å². The van der Waals surface area contributed by atoms with Crippen LogP contribution in [0.4, 0.5) is 4.39 Å². The minimum atomic E-state index is -0.520. The maximum Gasteiger partial charge on any atom is 0.325 e. The van der Waals surface area contributed by atoms with Crippen molar-refractivity contribution in [2.75, 3.05) is 20.7 Å². The Kier molecular flexibility index (Phi) is 5.51. The Morgan fingerprint density at radius 1 is 1.47 bits per heavy atom. The lowest BCUT2D eigenvalue weighted by Gasteiger charge is -2.12. The van der Waals surface area contributed by atoms with Crippen LogP contribution in [-0.4, -0.2) is 37.5 Å². The molecule has 0 unspecified atom stereocenters. The van der Waals surface area contributed by atoms with Crippen LogP contribution in [0.25, 0.3) is 6.08 Å². The quantitative estimate of drug-likeness (QED) is 0.629. The van der Waals surface area contributed by atoms with Crippen molar-refractivity contribution in [3.05, 3.63) is 40.7 Å². The van der Waals surface area contributed by atoms with Gasteiger partial charge in [0.05, 0.1) is 12.1 Å². The fourth-order valence-corrected chi connectivity index (χ4v) is 1.44. The van der Waals surface area contributed by atoms with Gasteiger partial charge >= 0.3 is 5.97 Å². The van der Waals surface area contributed by atoms with E-state index in [-0.39, 0.29) is 17.5 Å². The van der Waals surface area contributed by atoms with Gasteiger partial charge in [0, 0.05) is 13.1 Å². The number of carbonyl (C=O) groups is 2. The van der Waals surface area contributed by atoms with Gasteiger partial charge in [0.2, 0.25) is 5.91 Å². The van der Waals surface area contributed by atoms with Crippen molar-refractivity contribution in [3.8, 4) is 0 Å². The zero-order valence-electron chi connectivity index (χ0n) is 10.5. The van der Waals surface area contributed by atoms with Crippen molar-refractivity contribution < 1.29 is 18.7 Å². The van der Waals surface area contributed by atoms with Crippen LogP contribution in [0.5, 0.6) is 0 Å². The number of carbonyl (C=O) groups excluding carboxylic acids is 2. The summed E-state index contributed by atoms with van der Waals surface area (Å²) in [6.45, 7) is -0.135. The summed E-state index contributed by atoms with van der Waals surface area (Å²) in [7, 11) is 2.72. The van der Waals surface area contributed by atoms with Gasteiger partial charge in [0.1, 0.15) is 12.4 Å². The van der Waals surface area contributed by atoms with Crippen LogP contribution in [0.3, 0.4) is 0 Å². The summed E-state index contributed by atoms with van der Waals surface area (Å²) in [6, 6.07) is 4.11. The summed E-state index contributed by atoms with van der Waals surface area (Å²) in [6.07, 6.45) is 2.76. The van der Waals surface area contributed by atoms with Gasteiger partial charge in [-0.1, -0.05) is 17.7 Å². The maximum atomic E-state index is 12.9. The van der Waals surface area contributed by atoms with Gasteiger partial charge < -0.3 is 9.64 Å². The largest absolute Gasteiger partial charge is 0.468 e. The Labute approximate surface area is 115 Å². The number of hydrogen-bond donors (Lipinski definition) is 0. The number of ether oxygens (including phenoxy) is 1. The second-order valence-corrected chi connectivity index (χ2v) is 4.18. The van der Waals surface area contributed by atoms with Gasteiger partial charge in [-0.2, -0.15) is 0 Å². The highest BCUT2D eigenvalue weighted by Crippen LogP contribution is 2.16. The molecule has 1 rings (SSSR count). The van der Waals surface area contributed by atoms with E-state index in [4.69, 9.17) is 11.6 Å². The molecule has 1 amide bonds. The predicted molar refractivity (Wildman–Crippen MR) is 70.1 cm³/mol. The zero-order chi connectivity index (χ0) is 14.4. The molecule has 4 nitrogen and oxygen atoms in total. The molecule has 0 fully saturated rings. The lowest BCUT2D eigenvalue weighted by Crippen LogP contribution is -2.31. The van der Waals surface area contributed by atoms with E-state index >= 15 is 0 Å². The fourth-order valence-electron chi connectivity index (χ4n) is 1.25. The standard InChI is InChI=1S/C13H13ClFNO3/c1-16(8-13(18)19-2)12(17)6-4-9-3-5-11(15)10(14)7-9/h3-7H,8H2,1-2H3. The second kappa shape index (κ2) is 6.89. The van der Waals surface area contributed by atoms with Gasteiger partial charge in [-0.15, -0.1) is 0 Å². The maximum absolute atomic E-state index is 12.9. The Morgan fingerprint density at radius 3 is 2.74 bits per heavy atom. The van der Waals surface area contributed by atoms with Crippen molar-refractivity contribution in [2.24, 2.45) is 0 Å². The summed E-state index contributed by atoms with van der Waals surface area (Å²) in [5.41, 5.74) is 0.589. The van der Waals surface area contributed by atoms with E-state index < -0.39 is 11.8 Å². The van der Waals surface area contributed by atoms with Crippen LogP contribution in [-0.2, 0) is 14.3 Å². The van der Waals surface area contributed by atoms with Crippen LogP contribution in [0.1, 0.15) is 5.56 Å². The number of likely N-dealkylation sites (N-methyl/N-ethyl adjacent to an activating group) is 1. The van der Waals surface area contributed by atoms with Gasteiger partial charge in [-0.05, 0) is 23.8 Å². The molecule has 0 radical (unpaired) electrons. The van der Waals surface area contributed by atoms with E-state index in [1.54, 1.807) is 0 Å². The summed E-state index contributed by atoms with van der Waals surface area (Å²) in [4.78, 5) is 23.8. The van der Waals surface area contributed by atoms with E-state index in [1.165, 1.54) is 49.4 Å². The number of benzene rings is 1. The molecule has 0 spiro atoms. The average molecular weight is 286 g/mol. The molecule has 0 aliphatic rings. The molecule has 1 aromatic carbocycles. The van der Waals surface area contributed by atoms with Crippen LogP contribution in [0.2, 0.25) is 5.02 Å². The van der Waals surface area contributed by atoms with E-state index in [0.29, 0.717) is 5.56 Å². The molecule has 0 saturated carbocycles. The van der Waals surface area contributed by atoms with E-state index in [0.717, 1.165) is 0 Å². The van der Waals surface area contributed by atoms with Crippen LogP contribution < -0.4 is 0 Å². The third-order valence-electron chi connectivity index (χ3n) is 2.33. The van der Waals surface area contributed by atoms with Crippen molar-refractivity contribution >= 4 is 29.6 Å². The third-order valence-corrected chi connectivity index (χ3v) is 2.62. The number of amides is 1. The van der Waals surface area contributed by atoms with Crippen molar-refractivity contribution in [2.45, 2.75) is 0 Å². The van der Waals surface area contributed by atoms with Crippen LogP contribution in [0, 0.1) is 5.82 Å². The first-order valence-corrected chi connectivity index (χ1v) is 5.77. The van der Waals surface area contributed by atoms with E-state index in [2.05, 4.69) is 4.74 Å². The Balaban J connectivity index is 2.67. The van der Waals surface area contributed by atoms with E-state index in [9.17, 15) is 14.0 Å². The minimum Gasteiger partial charge on any atom is -0.468 e. The molecule has 19 heavy (non-hydrogen) atoms. The Bertz CT molecular complexity index is 517. The van der Waals surface area contributed by atoms with Crippen molar-refractivity contribution in [1.29, 1.82) is 0 Å². The molecule has 0 aromatic heterocycles. The molecule has 0 atom stereocenters. The molecule has 102 valence electrons. The monoisotopic (exact) mass is 285 g/mol. The molecule has 1 aromatic rings. The van der Waals surface area contributed by atoms with Crippen molar-refractivity contribution in [1.82, 2.24) is 4.90 Å². The normalized spacial score (nSPS) is 10.5. The first kappa shape index (κ1) is 15.2. The molecular formula is C13H13ClFNO3. The molecule has 0 saturated heterocycles. The fraction of sp³-hybridized carbons (Fsp3) is 0.231. The van der Waals surface area contributed by atoms with Gasteiger partial charge in [0.15, 0.2) is 0 Å².